The van der Waals surface area contributed by atoms with Crippen LogP contribution in [0.4, 0.5) is 0 Å². The highest BCUT2D eigenvalue weighted by Crippen LogP contribution is 2.37. The van der Waals surface area contributed by atoms with Crippen molar-refractivity contribution in [3.63, 3.8) is 0 Å². The van der Waals surface area contributed by atoms with E-state index in [2.05, 4.69) is 0 Å². The first-order valence-corrected chi connectivity index (χ1v) is 6.82. The van der Waals surface area contributed by atoms with Crippen LogP contribution in [0.15, 0.2) is 48.5 Å². The number of ether oxygens (including phenoxy) is 3. The predicted octanol–water partition coefficient (Wildman–Crippen LogP) is 3.87. The minimum atomic E-state index is -0.133. The number of halogens is 1. The van der Waals surface area contributed by atoms with Gasteiger partial charge in [-0.15, -0.1) is 0 Å². The van der Waals surface area contributed by atoms with Gasteiger partial charge in [0.2, 0.25) is 0 Å². The molecule has 0 bridgehead atoms. The van der Waals surface area contributed by atoms with Crippen LogP contribution in [-0.2, 0) is 4.74 Å². The van der Waals surface area contributed by atoms with Gasteiger partial charge in [-0.25, -0.2) is 0 Å². The second-order valence-corrected chi connectivity index (χ2v) is 5.05. The van der Waals surface area contributed by atoms with E-state index in [0.717, 1.165) is 12.2 Å². The quantitative estimate of drug-likeness (QED) is 0.783. The summed E-state index contributed by atoms with van der Waals surface area (Å²) >= 11 is 5.96. The maximum Gasteiger partial charge on any atom is 0.162 e. The van der Waals surface area contributed by atoms with Crippen LogP contribution in [0.1, 0.15) is 11.7 Å². The standard InChI is InChI=1S/C16H15ClO3/c1-18-14-9-12(17)7-8-13(14)20-16(15-10-19-15)11-5-3-2-4-6-11/h2-9,15-16H,10H2,1H3/t15-,16+/m1/s1. The summed E-state index contributed by atoms with van der Waals surface area (Å²) in [5.41, 5.74) is 1.09. The molecule has 1 aliphatic rings. The van der Waals surface area contributed by atoms with Gasteiger partial charge < -0.3 is 14.2 Å². The summed E-state index contributed by atoms with van der Waals surface area (Å²) < 4.78 is 16.8. The van der Waals surface area contributed by atoms with Gasteiger partial charge in [0.05, 0.1) is 13.7 Å². The Labute approximate surface area is 123 Å². The molecule has 0 unspecified atom stereocenters. The molecular formula is C16H15ClO3. The molecule has 2 aromatic rings. The molecule has 1 fully saturated rings. The average Bonchev–Trinajstić information content (AvgIpc) is 3.31. The fourth-order valence-electron chi connectivity index (χ4n) is 2.11. The highest BCUT2D eigenvalue weighted by molar-refractivity contribution is 6.30. The minimum absolute atomic E-state index is 0.0952. The summed E-state index contributed by atoms with van der Waals surface area (Å²) in [6.07, 6.45) is -0.0379. The molecule has 0 spiro atoms. The molecule has 20 heavy (non-hydrogen) atoms. The molecule has 1 saturated heterocycles. The van der Waals surface area contributed by atoms with Crippen molar-refractivity contribution in [2.75, 3.05) is 13.7 Å². The molecule has 0 amide bonds. The fourth-order valence-corrected chi connectivity index (χ4v) is 2.27. The zero-order valence-electron chi connectivity index (χ0n) is 11.1. The Morgan fingerprint density at radius 1 is 1.15 bits per heavy atom. The molecule has 1 heterocycles. The van der Waals surface area contributed by atoms with Crippen LogP contribution in [0.3, 0.4) is 0 Å². The second-order valence-electron chi connectivity index (χ2n) is 4.62. The summed E-state index contributed by atoms with van der Waals surface area (Å²) in [5.74, 6) is 1.29. The number of hydrogen-bond donors (Lipinski definition) is 0. The zero-order chi connectivity index (χ0) is 13.9. The van der Waals surface area contributed by atoms with E-state index in [9.17, 15) is 0 Å². The SMILES string of the molecule is COc1cc(Cl)ccc1O[C@@H](c1ccccc1)[C@H]1CO1. The van der Waals surface area contributed by atoms with E-state index in [0.29, 0.717) is 16.5 Å². The minimum Gasteiger partial charge on any atom is -0.493 e. The van der Waals surface area contributed by atoms with Crippen molar-refractivity contribution in [3.8, 4) is 11.5 Å². The first kappa shape index (κ1) is 13.3. The molecule has 0 radical (unpaired) electrons. The molecule has 3 nitrogen and oxygen atoms in total. The summed E-state index contributed by atoms with van der Waals surface area (Å²) in [6.45, 7) is 0.718. The smallest absolute Gasteiger partial charge is 0.162 e. The Kier molecular flexibility index (Phi) is 3.81. The molecule has 2 aromatic carbocycles. The predicted molar refractivity (Wildman–Crippen MR) is 77.6 cm³/mol. The van der Waals surface area contributed by atoms with Crippen LogP contribution in [0, 0.1) is 0 Å². The largest absolute Gasteiger partial charge is 0.493 e. The van der Waals surface area contributed by atoms with Crippen molar-refractivity contribution in [3.05, 3.63) is 59.1 Å². The van der Waals surface area contributed by atoms with Gasteiger partial charge in [0, 0.05) is 11.1 Å². The third kappa shape index (κ3) is 2.89. The van der Waals surface area contributed by atoms with E-state index in [-0.39, 0.29) is 12.2 Å². The molecule has 0 aromatic heterocycles. The van der Waals surface area contributed by atoms with Gasteiger partial charge in [-0.3, -0.25) is 0 Å². The van der Waals surface area contributed by atoms with Crippen molar-refractivity contribution in [1.29, 1.82) is 0 Å². The molecule has 0 N–H and O–H groups in total. The Morgan fingerprint density at radius 2 is 1.90 bits per heavy atom. The summed E-state index contributed by atoms with van der Waals surface area (Å²) in [4.78, 5) is 0. The van der Waals surface area contributed by atoms with Gasteiger partial charge in [-0.05, 0) is 17.7 Å². The Morgan fingerprint density at radius 3 is 2.55 bits per heavy atom. The lowest BCUT2D eigenvalue weighted by Gasteiger charge is -2.19. The maximum atomic E-state index is 6.09. The van der Waals surface area contributed by atoms with E-state index >= 15 is 0 Å². The van der Waals surface area contributed by atoms with E-state index < -0.39 is 0 Å². The Bertz CT molecular complexity index is 582. The van der Waals surface area contributed by atoms with Crippen LogP contribution in [0.5, 0.6) is 11.5 Å². The Balaban J connectivity index is 1.87. The highest BCUT2D eigenvalue weighted by Gasteiger charge is 2.36. The molecule has 2 atom stereocenters. The number of hydrogen-bond acceptors (Lipinski definition) is 3. The molecular weight excluding hydrogens is 276 g/mol. The number of epoxide rings is 1. The van der Waals surface area contributed by atoms with Crippen LogP contribution in [0.25, 0.3) is 0 Å². The van der Waals surface area contributed by atoms with Crippen LogP contribution in [0.2, 0.25) is 5.02 Å². The van der Waals surface area contributed by atoms with Crippen molar-refractivity contribution < 1.29 is 14.2 Å². The van der Waals surface area contributed by atoms with Crippen LogP contribution in [-0.4, -0.2) is 19.8 Å². The summed E-state index contributed by atoms with van der Waals surface area (Å²) in [6, 6.07) is 15.4. The van der Waals surface area contributed by atoms with E-state index in [4.69, 9.17) is 25.8 Å². The first-order chi connectivity index (χ1) is 9.78. The molecule has 1 aliphatic heterocycles. The Hall–Kier alpha value is -1.71. The van der Waals surface area contributed by atoms with Crippen molar-refractivity contribution in [2.45, 2.75) is 12.2 Å². The molecule has 0 aliphatic carbocycles. The lowest BCUT2D eigenvalue weighted by atomic mass is 10.1. The van der Waals surface area contributed by atoms with Crippen molar-refractivity contribution in [1.82, 2.24) is 0 Å². The molecule has 3 rings (SSSR count). The third-order valence-corrected chi connectivity index (χ3v) is 3.44. The normalized spacial score (nSPS) is 18.4. The lowest BCUT2D eigenvalue weighted by Crippen LogP contribution is -2.14. The monoisotopic (exact) mass is 290 g/mol. The highest BCUT2D eigenvalue weighted by atomic mass is 35.5. The van der Waals surface area contributed by atoms with Crippen LogP contribution >= 0.6 is 11.6 Å². The van der Waals surface area contributed by atoms with Gasteiger partial charge in [0.25, 0.3) is 0 Å². The third-order valence-electron chi connectivity index (χ3n) is 3.20. The zero-order valence-corrected chi connectivity index (χ0v) is 11.8. The van der Waals surface area contributed by atoms with Gasteiger partial charge in [-0.2, -0.15) is 0 Å². The summed E-state index contributed by atoms with van der Waals surface area (Å²) in [5, 5.41) is 0.619. The maximum absolute atomic E-state index is 6.09. The average molecular weight is 291 g/mol. The molecule has 0 saturated carbocycles. The number of benzene rings is 2. The van der Waals surface area contributed by atoms with Gasteiger partial charge in [0.15, 0.2) is 17.6 Å². The van der Waals surface area contributed by atoms with E-state index in [1.165, 1.54) is 0 Å². The first-order valence-electron chi connectivity index (χ1n) is 6.44. The van der Waals surface area contributed by atoms with Crippen LogP contribution < -0.4 is 9.47 Å². The van der Waals surface area contributed by atoms with Gasteiger partial charge >= 0.3 is 0 Å². The fraction of sp³-hybridized carbons (Fsp3) is 0.250. The molecule has 104 valence electrons. The topological polar surface area (TPSA) is 31.0 Å². The lowest BCUT2D eigenvalue weighted by molar-refractivity contribution is 0.156. The summed E-state index contributed by atoms with van der Waals surface area (Å²) in [7, 11) is 1.60. The second kappa shape index (κ2) is 5.73. The van der Waals surface area contributed by atoms with Gasteiger partial charge in [-0.1, -0.05) is 41.9 Å². The van der Waals surface area contributed by atoms with E-state index in [1.807, 2.05) is 36.4 Å². The van der Waals surface area contributed by atoms with Crippen molar-refractivity contribution >= 4 is 11.6 Å². The molecule has 4 heteroatoms. The van der Waals surface area contributed by atoms with Gasteiger partial charge in [0.1, 0.15) is 6.10 Å². The number of methoxy groups -OCH3 is 1. The van der Waals surface area contributed by atoms with E-state index in [1.54, 1.807) is 19.2 Å². The number of rotatable bonds is 5. The van der Waals surface area contributed by atoms with Crippen molar-refractivity contribution in [2.24, 2.45) is 0 Å².